The predicted molar refractivity (Wildman–Crippen MR) is 68.6 cm³/mol. The Morgan fingerprint density at radius 3 is 2.50 bits per heavy atom. The van der Waals surface area contributed by atoms with Crippen molar-refractivity contribution < 1.29 is 13.9 Å². The van der Waals surface area contributed by atoms with Gasteiger partial charge in [0.15, 0.2) is 12.4 Å². The second-order valence-corrected chi connectivity index (χ2v) is 5.07. The maximum atomic E-state index is 11.1. The van der Waals surface area contributed by atoms with Crippen molar-refractivity contribution in [3.8, 4) is 5.75 Å². The lowest BCUT2D eigenvalue weighted by Crippen LogP contribution is -2.06. The SMILES string of the molecule is Cn1c([N+](=O)[O-])cnc1COc1cnc([S@@](C)=O)nc1. The molecule has 0 unspecified atom stereocenters. The smallest absolute Gasteiger partial charge is 0.342 e. The van der Waals surface area contributed by atoms with Crippen LogP contribution in [0.4, 0.5) is 5.82 Å². The fourth-order valence-corrected chi connectivity index (χ4v) is 1.82. The zero-order valence-electron chi connectivity index (χ0n) is 10.7. The predicted octanol–water partition coefficient (Wildman–Crippen LogP) is 0.435. The molecule has 0 saturated heterocycles. The van der Waals surface area contributed by atoms with E-state index in [1.54, 1.807) is 0 Å². The number of imidazole rings is 1. The van der Waals surface area contributed by atoms with Crippen LogP contribution in [0.2, 0.25) is 0 Å². The monoisotopic (exact) mass is 297 g/mol. The minimum atomic E-state index is -1.25. The molecule has 2 aromatic rings. The Hall–Kier alpha value is -2.36. The molecule has 0 saturated carbocycles. The topological polar surface area (TPSA) is 113 Å². The third kappa shape index (κ3) is 2.96. The van der Waals surface area contributed by atoms with Crippen molar-refractivity contribution in [1.29, 1.82) is 0 Å². The molecule has 0 aliphatic rings. The van der Waals surface area contributed by atoms with Gasteiger partial charge in [0.05, 0.1) is 30.2 Å². The highest BCUT2D eigenvalue weighted by Gasteiger charge is 2.16. The van der Waals surface area contributed by atoms with E-state index < -0.39 is 15.7 Å². The molecule has 0 aromatic carbocycles. The molecule has 0 aliphatic heterocycles. The largest absolute Gasteiger partial charge is 0.480 e. The Labute approximate surface area is 116 Å². The molecule has 0 fully saturated rings. The van der Waals surface area contributed by atoms with Crippen LogP contribution in [-0.2, 0) is 24.5 Å². The Morgan fingerprint density at radius 1 is 1.35 bits per heavy atom. The van der Waals surface area contributed by atoms with E-state index in [0.29, 0.717) is 11.6 Å². The zero-order chi connectivity index (χ0) is 14.7. The Bertz CT molecular complexity index is 654. The van der Waals surface area contributed by atoms with Gasteiger partial charge in [-0.25, -0.2) is 19.5 Å². The number of hydrogen-bond acceptors (Lipinski definition) is 7. The average Bonchev–Trinajstić information content (AvgIpc) is 2.78. The highest BCUT2D eigenvalue weighted by molar-refractivity contribution is 7.84. The summed E-state index contributed by atoms with van der Waals surface area (Å²) in [5.74, 6) is 0.654. The zero-order valence-corrected chi connectivity index (χ0v) is 11.5. The van der Waals surface area contributed by atoms with E-state index in [-0.39, 0.29) is 17.6 Å². The van der Waals surface area contributed by atoms with Crippen molar-refractivity contribution in [2.75, 3.05) is 6.26 Å². The summed E-state index contributed by atoms with van der Waals surface area (Å²) in [5.41, 5.74) is 0. The molecule has 0 radical (unpaired) electrons. The summed E-state index contributed by atoms with van der Waals surface area (Å²) in [4.78, 5) is 21.8. The molecule has 0 bridgehead atoms. The van der Waals surface area contributed by atoms with E-state index in [2.05, 4.69) is 15.0 Å². The standard InChI is InChI=1S/C10H11N5O4S/c1-14-8(11-5-9(14)15(16)17)6-19-7-3-12-10(13-4-7)20(2)18/h3-5H,6H2,1-2H3/t20-/m1/s1. The molecule has 1 atom stereocenters. The summed E-state index contributed by atoms with van der Waals surface area (Å²) < 4.78 is 17.8. The quantitative estimate of drug-likeness (QED) is 0.447. The van der Waals surface area contributed by atoms with Crippen molar-refractivity contribution in [3.05, 3.63) is 34.5 Å². The van der Waals surface area contributed by atoms with Gasteiger partial charge >= 0.3 is 5.82 Å². The van der Waals surface area contributed by atoms with Crippen LogP contribution < -0.4 is 4.74 Å². The highest BCUT2D eigenvalue weighted by atomic mass is 32.2. The first kappa shape index (κ1) is 14.1. The van der Waals surface area contributed by atoms with Crippen molar-refractivity contribution in [2.24, 2.45) is 7.05 Å². The molecule has 2 aromatic heterocycles. The molecule has 2 rings (SSSR count). The van der Waals surface area contributed by atoms with Crippen LogP contribution in [0.5, 0.6) is 5.75 Å². The van der Waals surface area contributed by atoms with Crippen LogP contribution in [0.15, 0.2) is 23.7 Å². The summed E-state index contributed by atoms with van der Waals surface area (Å²) in [6.07, 6.45) is 5.42. The molecule has 0 N–H and O–H groups in total. The van der Waals surface area contributed by atoms with E-state index in [1.807, 2.05) is 0 Å². The highest BCUT2D eigenvalue weighted by Crippen LogP contribution is 2.14. The third-order valence-corrected chi connectivity index (χ3v) is 3.20. The first-order chi connectivity index (χ1) is 9.49. The molecule has 20 heavy (non-hydrogen) atoms. The number of nitrogens with zero attached hydrogens (tertiary/aromatic N) is 5. The van der Waals surface area contributed by atoms with Crippen LogP contribution in [0, 0.1) is 10.1 Å². The van der Waals surface area contributed by atoms with Crippen LogP contribution in [0.3, 0.4) is 0 Å². The van der Waals surface area contributed by atoms with Crippen molar-refractivity contribution >= 4 is 16.6 Å². The van der Waals surface area contributed by atoms with Gasteiger partial charge in [-0.15, -0.1) is 0 Å². The number of rotatable bonds is 5. The summed E-state index contributed by atoms with van der Waals surface area (Å²) in [6, 6.07) is 0. The molecule has 9 nitrogen and oxygen atoms in total. The van der Waals surface area contributed by atoms with Gasteiger partial charge in [0.2, 0.25) is 11.0 Å². The normalized spacial score (nSPS) is 12.1. The van der Waals surface area contributed by atoms with Crippen LogP contribution in [0.25, 0.3) is 0 Å². The molecule has 10 heteroatoms. The van der Waals surface area contributed by atoms with Crippen LogP contribution >= 0.6 is 0 Å². The minimum absolute atomic E-state index is 0.0439. The summed E-state index contributed by atoms with van der Waals surface area (Å²) in [6.45, 7) is 0.0439. The van der Waals surface area contributed by atoms with Crippen molar-refractivity contribution in [1.82, 2.24) is 19.5 Å². The lowest BCUT2D eigenvalue weighted by Gasteiger charge is -2.03. The van der Waals surface area contributed by atoms with E-state index >= 15 is 0 Å². The van der Waals surface area contributed by atoms with Gasteiger partial charge in [-0.3, -0.25) is 4.21 Å². The lowest BCUT2D eigenvalue weighted by molar-refractivity contribution is -0.391. The summed E-state index contributed by atoms with van der Waals surface area (Å²) in [7, 11) is 0.279. The van der Waals surface area contributed by atoms with Gasteiger partial charge in [-0.2, -0.15) is 0 Å². The van der Waals surface area contributed by atoms with Gasteiger partial charge in [-0.1, -0.05) is 0 Å². The lowest BCUT2D eigenvalue weighted by atomic mass is 10.6. The van der Waals surface area contributed by atoms with Gasteiger partial charge in [0.1, 0.15) is 6.20 Å². The van der Waals surface area contributed by atoms with Crippen LogP contribution in [-0.4, -0.2) is 34.9 Å². The molecular formula is C10H11N5O4S. The van der Waals surface area contributed by atoms with Crippen molar-refractivity contribution in [3.63, 3.8) is 0 Å². The molecular weight excluding hydrogens is 286 g/mol. The van der Waals surface area contributed by atoms with Crippen molar-refractivity contribution in [2.45, 2.75) is 11.8 Å². The molecule has 106 valence electrons. The Kier molecular flexibility index (Phi) is 4.03. The molecule has 0 amide bonds. The van der Waals surface area contributed by atoms with E-state index in [9.17, 15) is 14.3 Å². The maximum Gasteiger partial charge on any atom is 0.342 e. The fraction of sp³-hybridized carbons (Fsp3) is 0.300. The van der Waals surface area contributed by atoms with Gasteiger partial charge < -0.3 is 14.9 Å². The van der Waals surface area contributed by atoms with Gasteiger partial charge in [0.25, 0.3) is 0 Å². The molecule has 0 spiro atoms. The maximum absolute atomic E-state index is 11.1. The average molecular weight is 297 g/mol. The fourth-order valence-electron chi connectivity index (χ4n) is 1.42. The first-order valence-electron chi connectivity index (χ1n) is 5.42. The van der Waals surface area contributed by atoms with E-state index in [4.69, 9.17) is 4.74 Å². The van der Waals surface area contributed by atoms with E-state index in [0.717, 1.165) is 0 Å². The second kappa shape index (κ2) is 5.74. The summed E-state index contributed by atoms with van der Waals surface area (Å²) in [5, 5.41) is 10.9. The van der Waals surface area contributed by atoms with Gasteiger partial charge in [-0.05, 0) is 4.92 Å². The molecule has 2 heterocycles. The number of aromatic nitrogens is 4. The number of ether oxygens (including phenoxy) is 1. The minimum Gasteiger partial charge on any atom is -0.480 e. The summed E-state index contributed by atoms with van der Waals surface area (Å²) >= 11 is 0. The third-order valence-electron chi connectivity index (χ3n) is 2.48. The first-order valence-corrected chi connectivity index (χ1v) is 6.98. The van der Waals surface area contributed by atoms with Gasteiger partial charge in [0, 0.05) is 6.26 Å². The Balaban J connectivity index is 2.05. The molecule has 0 aliphatic carbocycles. The van der Waals surface area contributed by atoms with Crippen LogP contribution in [0.1, 0.15) is 5.82 Å². The second-order valence-electron chi connectivity index (χ2n) is 3.79. The number of nitro groups is 1. The van der Waals surface area contributed by atoms with E-state index in [1.165, 1.54) is 36.5 Å². The number of hydrogen-bond donors (Lipinski definition) is 0. The Morgan fingerprint density at radius 2 is 2.00 bits per heavy atom.